The normalized spacial score (nSPS) is 25.9. The standard InChI is InChI=1S/C17H29N5O/c1-12-11-17(2,3)8-6-13(12)19-16(23)18-9-7-15-21-20-14-5-4-10-22(14)15/h12-13H,4-11H2,1-3H3,(H2,18,19,23). The van der Waals surface area contributed by atoms with Gasteiger partial charge in [0.2, 0.25) is 0 Å². The predicted molar refractivity (Wildman–Crippen MR) is 89.2 cm³/mol. The zero-order valence-corrected chi connectivity index (χ0v) is 14.6. The van der Waals surface area contributed by atoms with E-state index in [0.717, 1.165) is 43.9 Å². The molecule has 6 nitrogen and oxygen atoms in total. The fourth-order valence-electron chi connectivity index (χ4n) is 4.06. The topological polar surface area (TPSA) is 71.8 Å². The van der Waals surface area contributed by atoms with Crippen molar-refractivity contribution in [3.05, 3.63) is 11.6 Å². The van der Waals surface area contributed by atoms with Gasteiger partial charge in [-0.15, -0.1) is 10.2 Å². The monoisotopic (exact) mass is 319 g/mol. The van der Waals surface area contributed by atoms with Crippen molar-refractivity contribution < 1.29 is 4.79 Å². The number of rotatable bonds is 4. The van der Waals surface area contributed by atoms with Crippen molar-refractivity contribution in [3.63, 3.8) is 0 Å². The lowest BCUT2D eigenvalue weighted by atomic mass is 9.70. The molecule has 2 aliphatic rings. The number of carbonyl (C=O) groups excluding carboxylic acids is 1. The van der Waals surface area contributed by atoms with Crippen molar-refractivity contribution in [2.45, 2.75) is 71.9 Å². The molecule has 0 spiro atoms. The lowest BCUT2D eigenvalue weighted by Crippen LogP contribution is -2.48. The quantitative estimate of drug-likeness (QED) is 0.894. The number of aryl methyl sites for hydroxylation is 1. The number of urea groups is 1. The van der Waals surface area contributed by atoms with Crippen LogP contribution in [0.5, 0.6) is 0 Å². The molecule has 0 bridgehead atoms. The molecule has 128 valence electrons. The van der Waals surface area contributed by atoms with Crippen molar-refractivity contribution in [3.8, 4) is 0 Å². The molecule has 0 radical (unpaired) electrons. The van der Waals surface area contributed by atoms with E-state index in [1.807, 2.05) is 0 Å². The Kier molecular flexibility index (Phi) is 4.60. The van der Waals surface area contributed by atoms with Crippen molar-refractivity contribution >= 4 is 6.03 Å². The highest BCUT2D eigenvalue weighted by molar-refractivity contribution is 5.74. The van der Waals surface area contributed by atoms with Crippen LogP contribution in [0.3, 0.4) is 0 Å². The molecule has 0 saturated heterocycles. The van der Waals surface area contributed by atoms with Crippen molar-refractivity contribution in [2.75, 3.05) is 6.54 Å². The van der Waals surface area contributed by atoms with E-state index in [9.17, 15) is 4.79 Å². The highest BCUT2D eigenvalue weighted by Gasteiger charge is 2.32. The van der Waals surface area contributed by atoms with Gasteiger partial charge in [0, 0.05) is 32.0 Å². The highest BCUT2D eigenvalue weighted by Crippen LogP contribution is 2.38. The minimum Gasteiger partial charge on any atom is -0.338 e. The zero-order valence-electron chi connectivity index (χ0n) is 14.6. The zero-order chi connectivity index (χ0) is 16.4. The largest absolute Gasteiger partial charge is 0.338 e. The molecule has 1 aliphatic heterocycles. The van der Waals surface area contributed by atoms with E-state index >= 15 is 0 Å². The summed E-state index contributed by atoms with van der Waals surface area (Å²) in [6.07, 6.45) is 6.34. The molecule has 1 aliphatic carbocycles. The van der Waals surface area contributed by atoms with Crippen LogP contribution in [-0.2, 0) is 19.4 Å². The third kappa shape index (κ3) is 3.85. The third-order valence-corrected chi connectivity index (χ3v) is 5.33. The Labute approximate surface area is 138 Å². The SMILES string of the molecule is CC1CC(C)(C)CCC1NC(=O)NCCc1nnc2n1CCC2. The molecule has 3 rings (SSSR count). The number of hydrogen-bond acceptors (Lipinski definition) is 3. The Hall–Kier alpha value is -1.59. The first kappa shape index (κ1) is 16.3. The molecule has 1 aromatic rings. The summed E-state index contributed by atoms with van der Waals surface area (Å²) in [7, 11) is 0. The van der Waals surface area contributed by atoms with Crippen LogP contribution in [0.4, 0.5) is 4.79 Å². The third-order valence-electron chi connectivity index (χ3n) is 5.33. The number of amides is 2. The Morgan fingerprint density at radius 2 is 2.22 bits per heavy atom. The van der Waals surface area contributed by atoms with Crippen LogP contribution in [0.2, 0.25) is 0 Å². The van der Waals surface area contributed by atoms with Crippen molar-refractivity contribution in [1.82, 2.24) is 25.4 Å². The van der Waals surface area contributed by atoms with Crippen LogP contribution in [0.1, 0.15) is 58.1 Å². The first-order valence-corrected chi connectivity index (χ1v) is 8.90. The molecule has 6 heteroatoms. The van der Waals surface area contributed by atoms with Gasteiger partial charge in [-0.25, -0.2) is 4.79 Å². The smallest absolute Gasteiger partial charge is 0.315 e. The maximum atomic E-state index is 12.1. The number of nitrogens with one attached hydrogen (secondary N) is 2. The summed E-state index contributed by atoms with van der Waals surface area (Å²) in [5, 5.41) is 14.5. The minimum absolute atomic E-state index is 0.0530. The van der Waals surface area contributed by atoms with Crippen LogP contribution in [0.15, 0.2) is 0 Å². The van der Waals surface area contributed by atoms with Gasteiger partial charge in [0.05, 0.1) is 0 Å². The molecular formula is C17H29N5O. The van der Waals surface area contributed by atoms with E-state index in [1.54, 1.807) is 0 Å². The Morgan fingerprint density at radius 1 is 1.39 bits per heavy atom. The fraction of sp³-hybridized carbons (Fsp3) is 0.824. The van der Waals surface area contributed by atoms with Gasteiger partial charge in [-0.05, 0) is 37.0 Å². The van der Waals surface area contributed by atoms with E-state index in [-0.39, 0.29) is 6.03 Å². The van der Waals surface area contributed by atoms with Crippen molar-refractivity contribution in [1.29, 1.82) is 0 Å². The lowest BCUT2D eigenvalue weighted by Gasteiger charge is -2.39. The van der Waals surface area contributed by atoms with Crippen LogP contribution in [-0.4, -0.2) is 33.4 Å². The van der Waals surface area contributed by atoms with Crippen LogP contribution < -0.4 is 10.6 Å². The van der Waals surface area contributed by atoms with Gasteiger partial charge in [0.15, 0.2) is 0 Å². The summed E-state index contributed by atoms with van der Waals surface area (Å²) >= 11 is 0. The molecule has 1 aromatic heterocycles. The van der Waals surface area contributed by atoms with Gasteiger partial charge in [0.25, 0.3) is 0 Å². The molecule has 0 aromatic carbocycles. The van der Waals surface area contributed by atoms with Gasteiger partial charge >= 0.3 is 6.03 Å². The number of carbonyl (C=O) groups is 1. The summed E-state index contributed by atoms with van der Waals surface area (Å²) in [5.74, 6) is 2.61. The average Bonchev–Trinajstić information content (AvgIpc) is 3.06. The Bertz CT molecular complexity index is 565. The summed E-state index contributed by atoms with van der Waals surface area (Å²) in [4.78, 5) is 12.1. The second-order valence-electron chi connectivity index (χ2n) is 7.93. The Balaban J connectivity index is 1.41. The number of nitrogens with zero attached hydrogens (tertiary/aromatic N) is 3. The predicted octanol–water partition coefficient (Wildman–Crippen LogP) is 2.28. The number of fused-ring (bicyclic) bond motifs is 1. The minimum atomic E-state index is -0.0530. The number of hydrogen-bond donors (Lipinski definition) is 2. The fourth-order valence-corrected chi connectivity index (χ4v) is 4.06. The van der Waals surface area contributed by atoms with Gasteiger partial charge in [-0.3, -0.25) is 0 Å². The van der Waals surface area contributed by atoms with E-state index in [4.69, 9.17) is 0 Å². The average molecular weight is 319 g/mol. The van der Waals surface area contributed by atoms with E-state index in [2.05, 4.69) is 46.2 Å². The molecule has 2 atom stereocenters. The summed E-state index contributed by atoms with van der Waals surface area (Å²) in [5.41, 5.74) is 0.405. The van der Waals surface area contributed by atoms with Gasteiger partial charge in [0.1, 0.15) is 11.6 Å². The number of aromatic nitrogens is 3. The lowest BCUT2D eigenvalue weighted by molar-refractivity contribution is 0.149. The van der Waals surface area contributed by atoms with E-state index < -0.39 is 0 Å². The molecule has 2 heterocycles. The summed E-state index contributed by atoms with van der Waals surface area (Å²) in [6, 6.07) is 0.239. The first-order chi connectivity index (χ1) is 10.9. The molecule has 2 unspecified atom stereocenters. The first-order valence-electron chi connectivity index (χ1n) is 8.90. The molecule has 1 saturated carbocycles. The maximum absolute atomic E-state index is 12.1. The molecular weight excluding hydrogens is 290 g/mol. The molecule has 1 fully saturated rings. The molecule has 2 amide bonds. The van der Waals surface area contributed by atoms with Gasteiger partial charge in [-0.2, -0.15) is 0 Å². The second kappa shape index (κ2) is 6.49. The molecule has 2 N–H and O–H groups in total. The second-order valence-corrected chi connectivity index (χ2v) is 7.93. The highest BCUT2D eigenvalue weighted by atomic mass is 16.2. The van der Waals surface area contributed by atoms with E-state index in [0.29, 0.717) is 23.9 Å². The van der Waals surface area contributed by atoms with E-state index in [1.165, 1.54) is 12.8 Å². The van der Waals surface area contributed by atoms with Crippen LogP contribution >= 0.6 is 0 Å². The van der Waals surface area contributed by atoms with Crippen LogP contribution in [0.25, 0.3) is 0 Å². The van der Waals surface area contributed by atoms with Gasteiger partial charge in [-0.1, -0.05) is 20.8 Å². The Morgan fingerprint density at radius 3 is 3.00 bits per heavy atom. The van der Waals surface area contributed by atoms with Crippen LogP contribution in [0, 0.1) is 11.3 Å². The van der Waals surface area contributed by atoms with Crippen molar-refractivity contribution in [2.24, 2.45) is 11.3 Å². The summed E-state index contributed by atoms with van der Waals surface area (Å²) in [6.45, 7) is 8.49. The summed E-state index contributed by atoms with van der Waals surface area (Å²) < 4.78 is 2.19. The maximum Gasteiger partial charge on any atom is 0.315 e. The van der Waals surface area contributed by atoms with Gasteiger partial charge < -0.3 is 15.2 Å². The molecule has 23 heavy (non-hydrogen) atoms.